The lowest BCUT2D eigenvalue weighted by Gasteiger charge is -2.19. The smallest absolute Gasteiger partial charge is 0.0177 e. The van der Waals surface area contributed by atoms with Gasteiger partial charge in [0.25, 0.3) is 0 Å². The van der Waals surface area contributed by atoms with Gasteiger partial charge in [-0.2, -0.15) is 0 Å². The van der Waals surface area contributed by atoms with Gasteiger partial charge in [0.1, 0.15) is 0 Å². The van der Waals surface area contributed by atoms with Crippen molar-refractivity contribution >= 4 is 15.9 Å². The van der Waals surface area contributed by atoms with Gasteiger partial charge in [0, 0.05) is 4.47 Å². The summed E-state index contributed by atoms with van der Waals surface area (Å²) in [7, 11) is 2.06. The molecule has 88 valence electrons. The first-order chi connectivity index (χ1) is 7.79. The van der Waals surface area contributed by atoms with E-state index in [1.807, 2.05) is 0 Å². The molecule has 0 amide bonds. The molecule has 2 atom stereocenters. The Morgan fingerprint density at radius 2 is 2.12 bits per heavy atom. The first-order valence-corrected chi connectivity index (χ1v) is 6.98. The van der Waals surface area contributed by atoms with Crippen LogP contribution >= 0.6 is 15.9 Å². The van der Waals surface area contributed by atoms with Crippen LogP contribution in [0.15, 0.2) is 28.7 Å². The minimum atomic E-state index is 0.877. The normalized spacial score (nSPS) is 24.9. The fraction of sp³-hybridized carbons (Fsp3) is 0.571. The van der Waals surface area contributed by atoms with Crippen molar-refractivity contribution in [2.24, 2.45) is 11.8 Å². The van der Waals surface area contributed by atoms with Crippen LogP contribution in [0.4, 0.5) is 0 Å². The summed E-state index contributed by atoms with van der Waals surface area (Å²) in [5.41, 5.74) is 1.47. The van der Waals surface area contributed by atoms with Gasteiger partial charge in [0.2, 0.25) is 0 Å². The van der Waals surface area contributed by atoms with Crippen LogP contribution in [0.5, 0.6) is 0 Å². The van der Waals surface area contributed by atoms with Crippen LogP contribution in [0.1, 0.15) is 24.8 Å². The van der Waals surface area contributed by atoms with E-state index < -0.39 is 0 Å². The van der Waals surface area contributed by atoms with E-state index in [0.29, 0.717) is 0 Å². The molecule has 0 radical (unpaired) electrons. The van der Waals surface area contributed by atoms with Gasteiger partial charge in [0.05, 0.1) is 0 Å². The Kier molecular flexibility index (Phi) is 4.42. The minimum absolute atomic E-state index is 0.877. The summed E-state index contributed by atoms with van der Waals surface area (Å²) in [5, 5.41) is 3.33. The van der Waals surface area contributed by atoms with Crippen molar-refractivity contribution in [1.82, 2.24) is 5.32 Å². The van der Waals surface area contributed by atoms with E-state index in [9.17, 15) is 0 Å². The van der Waals surface area contributed by atoms with Gasteiger partial charge in [-0.25, -0.2) is 0 Å². The highest BCUT2D eigenvalue weighted by Gasteiger charge is 2.26. The molecule has 1 N–H and O–H groups in total. The second-order valence-corrected chi connectivity index (χ2v) is 5.76. The third kappa shape index (κ3) is 3.08. The Hall–Kier alpha value is -0.340. The van der Waals surface area contributed by atoms with Crippen molar-refractivity contribution in [3.8, 4) is 0 Å². The Morgan fingerprint density at radius 1 is 1.31 bits per heavy atom. The van der Waals surface area contributed by atoms with Gasteiger partial charge < -0.3 is 5.32 Å². The molecule has 16 heavy (non-hydrogen) atoms. The summed E-state index contributed by atoms with van der Waals surface area (Å²) in [6.45, 7) is 1.18. The number of hydrogen-bond donors (Lipinski definition) is 1. The van der Waals surface area contributed by atoms with E-state index in [4.69, 9.17) is 0 Å². The van der Waals surface area contributed by atoms with E-state index in [1.165, 1.54) is 42.3 Å². The minimum Gasteiger partial charge on any atom is -0.319 e. The van der Waals surface area contributed by atoms with Crippen LogP contribution in [-0.2, 0) is 6.42 Å². The standard InChI is InChI=1S/C14H20BrN/c1-16-10-13-6-3-5-12(13)8-11-4-2-7-14(15)9-11/h2,4,7,9,12-13,16H,3,5-6,8,10H2,1H3. The largest absolute Gasteiger partial charge is 0.319 e. The number of rotatable bonds is 4. The molecule has 1 aliphatic carbocycles. The van der Waals surface area contributed by atoms with Crippen LogP contribution in [0, 0.1) is 11.8 Å². The summed E-state index contributed by atoms with van der Waals surface area (Å²) in [6.07, 6.45) is 5.45. The van der Waals surface area contributed by atoms with Gasteiger partial charge >= 0.3 is 0 Å². The molecule has 1 aromatic rings. The Balaban J connectivity index is 1.98. The van der Waals surface area contributed by atoms with E-state index >= 15 is 0 Å². The Bertz CT molecular complexity index is 337. The summed E-state index contributed by atoms with van der Waals surface area (Å²) < 4.78 is 1.20. The highest BCUT2D eigenvalue weighted by Crippen LogP contribution is 2.34. The molecule has 2 rings (SSSR count). The molecule has 0 bridgehead atoms. The molecule has 2 unspecified atom stereocenters. The predicted octanol–water partition coefficient (Wildman–Crippen LogP) is 3.63. The molecule has 1 saturated carbocycles. The summed E-state index contributed by atoms with van der Waals surface area (Å²) in [5.74, 6) is 1.76. The van der Waals surface area contributed by atoms with Crippen LogP contribution < -0.4 is 5.32 Å². The number of hydrogen-bond acceptors (Lipinski definition) is 1. The zero-order chi connectivity index (χ0) is 11.4. The number of benzene rings is 1. The average Bonchev–Trinajstić information content (AvgIpc) is 2.66. The molecule has 1 aliphatic rings. The molecule has 0 spiro atoms. The lowest BCUT2D eigenvalue weighted by Crippen LogP contribution is -2.23. The molecule has 1 aromatic carbocycles. The molecule has 0 heterocycles. The van der Waals surface area contributed by atoms with Crippen LogP contribution in [-0.4, -0.2) is 13.6 Å². The van der Waals surface area contributed by atoms with Crippen molar-refractivity contribution in [3.63, 3.8) is 0 Å². The number of halogens is 1. The highest BCUT2D eigenvalue weighted by molar-refractivity contribution is 9.10. The second kappa shape index (κ2) is 5.83. The van der Waals surface area contributed by atoms with Crippen molar-refractivity contribution in [3.05, 3.63) is 34.3 Å². The average molecular weight is 282 g/mol. The topological polar surface area (TPSA) is 12.0 Å². The summed E-state index contributed by atoms with van der Waals surface area (Å²) in [6, 6.07) is 8.75. The Morgan fingerprint density at radius 3 is 2.88 bits per heavy atom. The van der Waals surface area contributed by atoms with Crippen LogP contribution in [0.2, 0.25) is 0 Å². The van der Waals surface area contributed by atoms with E-state index in [2.05, 4.69) is 52.6 Å². The van der Waals surface area contributed by atoms with Crippen LogP contribution in [0.3, 0.4) is 0 Å². The monoisotopic (exact) mass is 281 g/mol. The lowest BCUT2D eigenvalue weighted by atomic mass is 9.89. The van der Waals surface area contributed by atoms with E-state index in [-0.39, 0.29) is 0 Å². The summed E-state index contributed by atoms with van der Waals surface area (Å²) >= 11 is 3.55. The molecule has 0 saturated heterocycles. The third-order valence-corrected chi connectivity index (χ3v) is 4.16. The first kappa shape index (κ1) is 12.1. The zero-order valence-corrected chi connectivity index (χ0v) is 11.5. The van der Waals surface area contributed by atoms with Gasteiger partial charge in [-0.3, -0.25) is 0 Å². The summed E-state index contributed by atoms with van der Waals surface area (Å²) in [4.78, 5) is 0. The molecule has 0 aromatic heterocycles. The second-order valence-electron chi connectivity index (χ2n) is 4.84. The van der Waals surface area contributed by atoms with Crippen molar-refractivity contribution in [2.75, 3.05) is 13.6 Å². The van der Waals surface area contributed by atoms with Crippen molar-refractivity contribution in [2.45, 2.75) is 25.7 Å². The number of nitrogens with one attached hydrogen (secondary N) is 1. The predicted molar refractivity (Wildman–Crippen MR) is 72.6 cm³/mol. The molecular weight excluding hydrogens is 262 g/mol. The molecule has 1 fully saturated rings. The van der Waals surface area contributed by atoms with E-state index in [1.54, 1.807) is 0 Å². The Labute approximate surface area is 107 Å². The van der Waals surface area contributed by atoms with Gasteiger partial charge in [0.15, 0.2) is 0 Å². The maximum Gasteiger partial charge on any atom is 0.0177 e. The maximum absolute atomic E-state index is 3.55. The molecule has 2 heteroatoms. The van der Waals surface area contributed by atoms with E-state index in [0.717, 1.165) is 11.8 Å². The SMILES string of the molecule is CNCC1CCCC1Cc1cccc(Br)c1. The highest BCUT2D eigenvalue weighted by atomic mass is 79.9. The van der Waals surface area contributed by atoms with Gasteiger partial charge in [-0.05, 0) is 62.4 Å². The molecule has 1 nitrogen and oxygen atoms in total. The zero-order valence-electron chi connectivity index (χ0n) is 9.88. The van der Waals surface area contributed by atoms with Gasteiger partial charge in [-0.1, -0.05) is 34.5 Å². The molecule has 0 aliphatic heterocycles. The van der Waals surface area contributed by atoms with Crippen LogP contribution in [0.25, 0.3) is 0 Å². The first-order valence-electron chi connectivity index (χ1n) is 6.18. The van der Waals surface area contributed by atoms with Crippen molar-refractivity contribution in [1.29, 1.82) is 0 Å². The third-order valence-electron chi connectivity index (χ3n) is 3.67. The van der Waals surface area contributed by atoms with Crippen molar-refractivity contribution < 1.29 is 0 Å². The fourth-order valence-corrected chi connectivity index (χ4v) is 3.33. The quantitative estimate of drug-likeness (QED) is 0.889. The lowest BCUT2D eigenvalue weighted by molar-refractivity contribution is 0.374. The maximum atomic E-state index is 3.55. The fourth-order valence-electron chi connectivity index (χ4n) is 2.88. The molecular formula is C14H20BrN. The van der Waals surface area contributed by atoms with Gasteiger partial charge in [-0.15, -0.1) is 0 Å².